The summed E-state index contributed by atoms with van der Waals surface area (Å²) in [6.45, 7) is 1.47. The van der Waals surface area contributed by atoms with Gasteiger partial charge in [-0.05, 0) is 57.0 Å². The molecule has 0 spiro atoms. The van der Waals surface area contributed by atoms with E-state index in [0.29, 0.717) is 17.1 Å². The highest BCUT2D eigenvalue weighted by molar-refractivity contribution is 7.80. The Balaban J connectivity index is 1.67. The molecular weight excluding hydrogens is 479 g/mol. The zero-order chi connectivity index (χ0) is 24.2. The maximum absolute atomic E-state index is 13.8. The first kappa shape index (κ1) is 25.1. The Morgan fingerprint density at radius 1 is 1.30 bits per heavy atom. The molecule has 13 heteroatoms. The molecule has 180 valence electrons. The fourth-order valence-corrected chi connectivity index (χ4v) is 3.70. The van der Waals surface area contributed by atoms with Gasteiger partial charge in [-0.3, -0.25) is 15.6 Å². The van der Waals surface area contributed by atoms with Crippen molar-refractivity contribution < 1.29 is 18.0 Å². The summed E-state index contributed by atoms with van der Waals surface area (Å²) in [7, 11) is 3.91. The van der Waals surface area contributed by atoms with Crippen molar-refractivity contribution in [2.24, 2.45) is 0 Å². The molecule has 1 aliphatic rings. The summed E-state index contributed by atoms with van der Waals surface area (Å²) < 4.78 is 42.2. The molecule has 0 aliphatic carbocycles. The monoisotopic (exact) mass is 503 g/mol. The average Bonchev–Trinajstić information content (AvgIpc) is 3.18. The van der Waals surface area contributed by atoms with E-state index < -0.39 is 24.2 Å². The van der Waals surface area contributed by atoms with Crippen molar-refractivity contribution in [2.75, 3.05) is 32.5 Å². The second-order valence-electron chi connectivity index (χ2n) is 7.89. The van der Waals surface area contributed by atoms with Crippen molar-refractivity contribution in [1.82, 2.24) is 30.8 Å². The Bertz CT molecular complexity index is 981. The van der Waals surface area contributed by atoms with E-state index in [0.717, 1.165) is 17.6 Å². The van der Waals surface area contributed by atoms with Gasteiger partial charge in [-0.1, -0.05) is 23.7 Å². The SMILES string of the molecule is CN(C)CCCNC(=S)NNC(=O)c1cc2n(n1)[C@@H](C(F)(F)F)C[C@H](c1ccc(Cl)cc1)N2. The number of halogens is 4. The first-order valence-corrected chi connectivity index (χ1v) is 11.0. The van der Waals surface area contributed by atoms with Crippen LogP contribution in [0, 0.1) is 0 Å². The van der Waals surface area contributed by atoms with E-state index in [1.54, 1.807) is 24.3 Å². The third kappa shape index (κ3) is 6.71. The summed E-state index contributed by atoms with van der Waals surface area (Å²) in [6, 6.07) is 5.36. The lowest BCUT2D eigenvalue weighted by atomic mass is 9.97. The Labute approximate surface area is 199 Å². The summed E-state index contributed by atoms with van der Waals surface area (Å²) in [4.78, 5) is 14.5. The predicted molar refractivity (Wildman–Crippen MR) is 124 cm³/mol. The van der Waals surface area contributed by atoms with Crippen molar-refractivity contribution in [1.29, 1.82) is 0 Å². The first-order valence-electron chi connectivity index (χ1n) is 10.2. The number of aromatic nitrogens is 2. The van der Waals surface area contributed by atoms with E-state index in [-0.39, 0.29) is 23.0 Å². The lowest BCUT2D eigenvalue weighted by molar-refractivity contribution is -0.173. The van der Waals surface area contributed by atoms with Crippen LogP contribution in [0.4, 0.5) is 19.0 Å². The van der Waals surface area contributed by atoms with Gasteiger partial charge in [0.15, 0.2) is 16.8 Å². The molecule has 0 saturated carbocycles. The van der Waals surface area contributed by atoms with E-state index in [2.05, 4.69) is 26.6 Å². The Hall–Kier alpha value is -2.57. The molecule has 0 saturated heterocycles. The van der Waals surface area contributed by atoms with Crippen molar-refractivity contribution in [3.63, 3.8) is 0 Å². The van der Waals surface area contributed by atoms with Gasteiger partial charge in [-0.15, -0.1) is 0 Å². The van der Waals surface area contributed by atoms with Crippen molar-refractivity contribution in [2.45, 2.75) is 31.1 Å². The van der Waals surface area contributed by atoms with Gasteiger partial charge >= 0.3 is 6.18 Å². The Kier molecular flexibility index (Phi) is 8.03. The van der Waals surface area contributed by atoms with E-state index in [4.69, 9.17) is 23.8 Å². The lowest BCUT2D eigenvalue weighted by Gasteiger charge is -2.33. The van der Waals surface area contributed by atoms with Gasteiger partial charge < -0.3 is 15.5 Å². The van der Waals surface area contributed by atoms with Crippen LogP contribution in [0.5, 0.6) is 0 Å². The highest BCUT2D eigenvalue weighted by Crippen LogP contribution is 2.43. The number of hydrazine groups is 1. The van der Waals surface area contributed by atoms with Crippen molar-refractivity contribution in [3.05, 3.63) is 46.6 Å². The number of alkyl halides is 3. The molecule has 1 aromatic carbocycles. The highest BCUT2D eigenvalue weighted by Gasteiger charge is 2.46. The minimum absolute atomic E-state index is 0.0954. The van der Waals surface area contributed by atoms with Crippen LogP contribution in [0.2, 0.25) is 5.02 Å². The minimum Gasteiger partial charge on any atom is -0.363 e. The summed E-state index contributed by atoms with van der Waals surface area (Å²) in [6.07, 6.45) is -3.98. The molecule has 8 nitrogen and oxygen atoms in total. The summed E-state index contributed by atoms with van der Waals surface area (Å²) >= 11 is 11.0. The average molecular weight is 504 g/mol. The van der Waals surface area contributed by atoms with Crippen LogP contribution >= 0.6 is 23.8 Å². The number of rotatable bonds is 6. The second-order valence-corrected chi connectivity index (χ2v) is 8.74. The van der Waals surface area contributed by atoms with Gasteiger partial charge in [0, 0.05) is 24.1 Å². The number of nitrogens with zero attached hydrogens (tertiary/aromatic N) is 3. The molecule has 0 fully saturated rings. The second kappa shape index (κ2) is 10.6. The smallest absolute Gasteiger partial charge is 0.363 e. The number of carbonyl (C=O) groups is 1. The van der Waals surface area contributed by atoms with Gasteiger partial charge in [0.1, 0.15) is 5.82 Å². The summed E-state index contributed by atoms with van der Waals surface area (Å²) in [5.74, 6) is -0.613. The van der Waals surface area contributed by atoms with Crippen LogP contribution in [-0.2, 0) is 0 Å². The van der Waals surface area contributed by atoms with Gasteiger partial charge in [0.2, 0.25) is 0 Å². The standard InChI is InChI=1S/C20H25ClF3N7OS/c1-30(2)9-3-8-25-19(33)28-27-18(32)15-11-17-26-14(12-4-6-13(21)7-5-12)10-16(20(22,23)24)31(17)29-15/h4-7,11,14,16,26H,3,8-10H2,1-2H3,(H,27,32)(H2,25,28,33)/t14-,16-/m1/s1. The first-order chi connectivity index (χ1) is 15.5. The number of hydrogen-bond acceptors (Lipinski definition) is 5. The number of benzene rings is 1. The number of hydrogen-bond donors (Lipinski definition) is 4. The maximum atomic E-state index is 13.8. The van der Waals surface area contributed by atoms with Crippen LogP contribution in [0.1, 0.15) is 41.0 Å². The molecule has 2 aromatic rings. The van der Waals surface area contributed by atoms with Gasteiger partial charge in [0.05, 0.1) is 6.04 Å². The normalized spacial score (nSPS) is 17.8. The minimum atomic E-state index is -4.54. The highest BCUT2D eigenvalue weighted by atomic mass is 35.5. The molecular formula is C20H25ClF3N7OS. The molecule has 1 aromatic heterocycles. The van der Waals surface area contributed by atoms with Crippen LogP contribution < -0.4 is 21.5 Å². The topological polar surface area (TPSA) is 86.2 Å². The van der Waals surface area contributed by atoms with Gasteiger partial charge in [-0.2, -0.15) is 18.3 Å². The zero-order valence-corrected chi connectivity index (χ0v) is 19.6. The molecule has 2 heterocycles. The molecule has 0 bridgehead atoms. The van der Waals surface area contributed by atoms with Crippen molar-refractivity contribution in [3.8, 4) is 0 Å². The van der Waals surface area contributed by atoms with Gasteiger partial charge in [-0.25, -0.2) is 4.68 Å². The lowest BCUT2D eigenvalue weighted by Crippen LogP contribution is -2.47. The van der Waals surface area contributed by atoms with Crippen molar-refractivity contribution >= 4 is 40.7 Å². The van der Waals surface area contributed by atoms with E-state index in [1.165, 1.54) is 6.07 Å². The molecule has 3 rings (SSSR count). The number of carbonyl (C=O) groups excluding carboxylic acids is 1. The van der Waals surface area contributed by atoms with Crippen LogP contribution in [-0.4, -0.2) is 59.1 Å². The number of anilines is 1. The molecule has 0 radical (unpaired) electrons. The summed E-state index contributed by atoms with van der Waals surface area (Å²) in [5.41, 5.74) is 5.37. The number of fused-ring (bicyclic) bond motifs is 1. The molecule has 0 unspecified atom stereocenters. The zero-order valence-electron chi connectivity index (χ0n) is 18.0. The molecule has 33 heavy (non-hydrogen) atoms. The third-order valence-electron chi connectivity index (χ3n) is 5.05. The van der Waals surface area contributed by atoms with Crippen LogP contribution in [0.15, 0.2) is 30.3 Å². The van der Waals surface area contributed by atoms with Crippen LogP contribution in [0.25, 0.3) is 0 Å². The van der Waals surface area contributed by atoms with E-state index in [1.807, 2.05) is 19.0 Å². The fourth-order valence-electron chi connectivity index (χ4n) is 3.42. The molecule has 1 amide bonds. The fraction of sp³-hybridized carbons (Fsp3) is 0.450. The predicted octanol–water partition coefficient (Wildman–Crippen LogP) is 3.26. The number of amides is 1. The third-order valence-corrected chi connectivity index (χ3v) is 5.55. The van der Waals surface area contributed by atoms with Crippen LogP contribution in [0.3, 0.4) is 0 Å². The Morgan fingerprint density at radius 2 is 2.00 bits per heavy atom. The summed E-state index contributed by atoms with van der Waals surface area (Å²) in [5, 5.41) is 10.6. The molecule has 1 aliphatic heterocycles. The number of nitrogens with one attached hydrogen (secondary N) is 4. The number of thiocarbonyl (C=S) groups is 1. The maximum Gasteiger partial charge on any atom is 0.410 e. The largest absolute Gasteiger partial charge is 0.410 e. The van der Waals surface area contributed by atoms with E-state index >= 15 is 0 Å². The Morgan fingerprint density at radius 3 is 2.64 bits per heavy atom. The van der Waals surface area contributed by atoms with E-state index in [9.17, 15) is 18.0 Å². The molecule has 2 atom stereocenters. The van der Waals surface area contributed by atoms with Gasteiger partial charge in [0.25, 0.3) is 5.91 Å². The molecule has 4 N–H and O–H groups in total. The quantitative estimate of drug-likeness (QED) is 0.273.